The van der Waals surface area contributed by atoms with Gasteiger partial charge < -0.3 is 23.7 Å². The lowest BCUT2D eigenvalue weighted by molar-refractivity contribution is -0.157. The summed E-state index contributed by atoms with van der Waals surface area (Å²) in [5, 5.41) is 0. The van der Waals surface area contributed by atoms with Crippen LogP contribution in [-0.4, -0.2) is 37.3 Å². The van der Waals surface area contributed by atoms with Crippen molar-refractivity contribution in [1.82, 2.24) is 0 Å². The number of hydrogen-bond acceptors (Lipinski definition) is 9. The fraction of sp³-hybridized carbons (Fsp3) is 0.156. The maximum absolute atomic E-state index is 12.5. The van der Waals surface area contributed by atoms with E-state index in [-0.39, 0.29) is 30.5 Å². The molecule has 9 nitrogen and oxygen atoms in total. The summed E-state index contributed by atoms with van der Waals surface area (Å²) in [5.41, 5.74) is 7.24. The van der Waals surface area contributed by atoms with E-state index in [1.165, 1.54) is 0 Å². The van der Waals surface area contributed by atoms with Gasteiger partial charge in [0.05, 0.1) is 5.56 Å². The predicted octanol–water partition coefficient (Wildman–Crippen LogP) is 7.84. The van der Waals surface area contributed by atoms with E-state index in [1.54, 1.807) is 68.4 Å². The van der Waals surface area contributed by atoms with Crippen molar-refractivity contribution >= 4 is 34.8 Å². The Morgan fingerprint density at radius 2 is 0.944 bits per heavy atom. The zero-order chi connectivity index (χ0) is 39.2. The summed E-state index contributed by atoms with van der Waals surface area (Å²) in [6.45, 7) is 14.9. The van der Waals surface area contributed by atoms with Crippen LogP contribution in [0.25, 0.3) is 11.1 Å². The molecule has 4 aromatic carbocycles. The van der Waals surface area contributed by atoms with Gasteiger partial charge in [0.1, 0.15) is 17.2 Å². The molecule has 0 spiro atoms. The highest BCUT2D eigenvalue weighted by molar-refractivity contribution is 6.32. The zero-order valence-electron chi connectivity index (χ0n) is 30.7. The molecule has 0 aliphatic rings. The molecule has 0 amide bonds. The molecule has 0 bridgehead atoms. The van der Waals surface area contributed by atoms with Crippen molar-refractivity contribution in [2.75, 3.05) is 13.6 Å². The van der Waals surface area contributed by atoms with E-state index in [2.05, 4.69) is 36.8 Å². The summed E-state index contributed by atoms with van der Waals surface area (Å²) in [5.74, 6) is 11.0. The predicted molar refractivity (Wildman–Crippen MR) is 205 cm³/mol. The highest BCUT2D eigenvalue weighted by Crippen LogP contribution is 2.27. The normalized spacial score (nSPS) is 10.5. The van der Waals surface area contributed by atoms with Crippen molar-refractivity contribution in [3.05, 3.63) is 149 Å². The molecule has 0 atom stereocenters. The molecule has 0 aliphatic carbocycles. The minimum Gasteiger partial charge on any atom is -0.457 e. The molecule has 0 saturated carbocycles. The summed E-state index contributed by atoms with van der Waals surface area (Å²) in [4.78, 5) is 46.3. The Morgan fingerprint density at radius 3 is 1.46 bits per heavy atom. The fourth-order valence-electron chi connectivity index (χ4n) is 4.46. The Kier molecular flexibility index (Phi) is 13.9. The lowest BCUT2D eigenvalue weighted by atomic mass is 9.96. The van der Waals surface area contributed by atoms with Gasteiger partial charge in [-0.15, -0.1) is 0 Å². The van der Waals surface area contributed by atoms with Gasteiger partial charge in [0.25, 0.3) is 0 Å². The van der Waals surface area contributed by atoms with Crippen molar-refractivity contribution in [3.8, 4) is 40.9 Å². The van der Waals surface area contributed by atoms with Gasteiger partial charge in [0, 0.05) is 34.8 Å². The SMILES string of the molecule is C=C(C)C(=O)OCOc1ccc(C#Cc2ccc(C#Cc3ccc(C(C)=C(C)c4ccc(OCOC(=O)C(C)=O)cc4)cc3)c(OC(=O)C(=C)C)c2)cc1. The second kappa shape index (κ2) is 18.9. The third kappa shape index (κ3) is 11.7. The number of rotatable bonds is 12. The van der Waals surface area contributed by atoms with Crippen LogP contribution < -0.4 is 14.2 Å². The molecule has 0 aromatic heterocycles. The Morgan fingerprint density at radius 1 is 0.519 bits per heavy atom. The Bertz CT molecular complexity index is 2230. The molecule has 272 valence electrons. The topological polar surface area (TPSA) is 114 Å². The van der Waals surface area contributed by atoms with Gasteiger partial charge in [0.2, 0.25) is 19.4 Å². The van der Waals surface area contributed by atoms with Gasteiger partial charge in [-0.1, -0.05) is 61.1 Å². The van der Waals surface area contributed by atoms with Crippen LogP contribution in [0.1, 0.15) is 68.0 Å². The number of hydrogen-bond donors (Lipinski definition) is 0. The van der Waals surface area contributed by atoms with Crippen molar-refractivity contribution in [2.45, 2.75) is 34.6 Å². The minimum absolute atomic E-state index is 0.233. The van der Waals surface area contributed by atoms with Crippen molar-refractivity contribution in [1.29, 1.82) is 0 Å². The minimum atomic E-state index is -0.945. The fourth-order valence-corrected chi connectivity index (χ4v) is 4.46. The van der Waals surface area contributed by atoms with Gasteiger partial charge in [-0.25, -0.2) is 14.4 Å². The number of carbonyl (C=O) groups is 4. The van der Waals surface area contributed by atoms with Gasteiger partial charge in [-0.2, -0.15) is 0 Å². The van der Waals surface area contributed by atoms with Crippen LogP contribution in [0.15, 0.2) is 115 Å². The Balaban J connectivity index is 1.46. The maximum atomic E-state index is 12.5. The molecule has 0 fully saturated rings. The molecule has 0 radical (unpaired) electrons. The average molecular weight is 723 g/mol. The van der Waals surface area contributed by atoms with E-state index in [0.717, 1.165) is 34.8 Å². The maximum Gasteiger partial charge on any atom is 0.377 e. The van der Waals surface area contributed by atoms with Crippen LogP contribution in [-0.2, 0) is 28.7 Å². The second-order valence-electron chi connectivity index (χ2n) is 12.0. The first-order chi connectivity index (χ1) is 25.8. The molecule has 0 unspecified atom stereocenters. The standard InChI is InChI=1S/C45H38O9/c1-29(2)43(47)52-27-50-40-22-14-34(15-23-40)8-9-36-13-19-39(42(26-36)54-44(48)30(3)4)18-12-35-10-16-37(17-11-35)31(5)32(6)38-20-24-41(25-21-38)51-28-53-45(49)33(7)46/h10-11,13-17,19-26H,1,3,27-28H2,2,4-7H3. The molecule has 0 heterocycles. The number of carbonyl (C=O) groups excluding carboxylic acids is 4. The first-order valence-electron chi connectivity index (χ1n) is 16.6. The second-order valence-corrected chi connectivity index (χ2v) is 12.0. The van der Waals surface area contributed by atoms with E-state index in [9.17, 15) is 19.2 Å². The lowest BCUT2D eigenvalue weighted by Gasteiger charge is -2.11. The molecule has 0 N–H and O–H groups in total. The van der Waals surface area contributed by atoms with Crippen LogP contribution in [0.3, 0.4) is 0 Å². The molecule has 54 heavy (non-hydrogen) atoms. The van der Waals surface area contributed by atoms with Crippen LogP contribution in [0, 0.1) is 23.7 Å². The number of ether oxygens (including phenoxy) is 5. The number of Topliss-reactive ketones (excluding diaryl/α,β-unsaturated/α-hetero) is 1. The van der Waals surface area contributed by atoms with Gasteiger partial charge in [-0.3, -0.25) is 4.79 Å². The Hall–Kier alpha value is -7.10. The summed E-state index contributed by atoms with van der Waals surface area (Å²) in [6.07, 6.45) is 0. The average Bonchev–Trinajstić information content (AvgIpc) is 3.16. The van der Waals surface area contributed by atoms with Gasteiger partial charge in [-0.05, 0) is 117 Å². The molecule has 4 rings (SSSR count). The highest BCUT2D eigenvalue weighted by Gasteiger charge is 2.11. The zero-order valence-corrected chi connectivity index (χ0v) is 30.7. The van der Waals surface area contributed by atoms with Crippen LogP contribution in [0.4, 0.5) is 0 Å². The van der Waals surface area contributed by atoms with E-state index in [4.69, 9.17) is 23.7 Å². The first-order valence-corrected chi connectivity index (χ1v) is 16.6. The van der Waals surface area contributed by atoms with Gasteiger partial charge >= 0.3 is 17.9 Å². The third-order valence-electron chi connectivity index (χ3n) is 7.71. The molecule has 0 saturated heterocycles. The van der Waals surface area contributed by atoms with E-state index in [1.807, 2.05) is 50.2 Å². The van der Waals surface area contributed by atoms with Crippen molar-refractivity contribution in [2.24, 2.45) is 0 Å². The van der Waals surface area contributed by atoms with E-state index >= 15 is 0 Å². The third-order valence-corrected chi connectivity index (χ3v) is 7.71. The van der Waals surface area contributed by atoms with Crippen molar-refractivity contribution in [3.63, 3.8) is 0 Å². The summed E-state index contributed by atoms with van der Waals surface area (Å²) < 4.78 is 26.1. The first kappa shape index (κ1) is 39.7. The van der Waals surface area contributed by atoms with Gasteiger partial charge in [0.15, 0.2) is 0 Å². The summed E-state index contributed by atoms with van der Waals surface area (Å²) >= 11 is 0. The highest BCUT2D eigenvalue weighted by atomic mass is 16.7. The molecular formula is C45H38O9. The molecule has 9 heteroatoms. The van der Waals surface area contributed by atoms with Crippen LogP contribution >= 0.6 is 0 Å². The van der Waals surface area contributed by atoms with E-state index < -0.39 is 23.7 Å². The van der Waals surface area contributed by atoms with Crippen molar-refractivity contribution < 1.29 is 42.9 Å². The largest absolute Gasteiger partial charge is 0.457 e. The van der Waals surface area contributed by atoms with E-state index in [0.29, 0.717) is 28.2 Å². The number of allylic oxidation sites excluding steroid dienone is 2. The lowest BCUT2D eigenvalue weighted by Crippen LogP contribution is -2.16. The quantitative estimate of drug-likeness (QED) is 0.0274. The number of esters is 3. The smallest absolute Gasteiger partial charge is 0.377 e. The number of benzene rings is 4. The summed E-state index contributed by atoms with van der Waals surface area (Å²) in [6, 6.07) is 27.3. The van der Waals surface area contributed by atoms with Crippen LogP contribution in [0.5, 0.6) is 17.2 Å². The van der Waals surface area contributed by atoms with Crippen LogP contribution in [0.2, 0.25) is 0 Å². The molecular weight excluding hydrogens is 684 g/mol. The Labute approximate surface area is 314 Å². The summed E-state index contributed by atoms with van der Waals surface area (Å²) in [7, 11) is 0. The molecule has 4 aromatic rings. The molecule has 0 aliphatic heterocycles. The monoisotopic (exact) mass is 722 g/mol. The number of ketones is 1.